The maximum Gasteiger partial charge on any atom is 0.232 e. The van der Waals surface area contributed by atoms with Crippen molar-refractivity contribution < 1.29 is 13.2 Å². The van der Waals surface area contributed by atoms with Crippen LogP contribution < -0.4 is 0 Å². The third-order valence-electron chi connectivity index (χ3n) is 3.89. The van der Waals surface area contributed by atoms with Crippen molar-refractivity contribution in [3.05, 3.63) is 35.9 Å². The second kappa shape index (κ2) is 6.83. The van der Waals surface area contributed by atoms with Crippen molar-refractivity contribution in [1.82, 2.24) is 4.90 Å². The van der Waals surface area contributed by atoms with Gasteiger partial charge in [-0.25, -0.2) is 8.42 Å². The zero-order chi connectivity index (χ0) is 15.5. The molecule has 0 aliphatic carbocycles. The second-order valence-electron chi connectivity index (χ2n) is 5.43. The molecule has 116 valence electrons. The molecule has 0 aromatic heterocycles. The van der Waals surface area contributed by atoms with E-state index in [0.29, 0.717) is 12.2 Å². The molecule has 0 saturated carbocycles. The van der Waals surface area contributed by atoms with E-state index in [2.05, 4.69) is 0 Å². The number of benzene rings is 1. The van der Waals surface area contributed by atoms with Gasteiger partial charge in [0.25, 0.3) is 0 Å². The molecule has 2 unspecified atom stereocenters. The van der Waals surface area contributed by atoms with E-state index >= 15 is 0 Å². The number of amides is 1. The van der Waals surface area contributed by atoms with Crippen LogP contribution in [-0.4, -0.2) is 48.8 Å². The van der Waals surface area contributed by atoms with Crippen LogP contribution in [0.4, 0.5) is 0 Å². The van der Waals surface area contributed by atoms with E-state index in [1.807, 2.05) is 37.3 Å². The van der Waals surface area contributed by atoms with Crippen LogP contribution in [0.25, 0.3) is 0 Å². The Hall–Kier alpha value is -1.01. The SMILES string of the molecule is CC(c1ccccc1)N(C)C(=O)CSC1CCS(=O)(=O)C1. The molecule has 6 heteroatoms. The fourth-order valence-electron chi connectivity index (χ4n) is 2.35. The Kier molecular flexibility index (Phi) is 5.32. The first-order valence-corrected chi connectivity index (χ1v) is 9.89. The smallest absolute Gasteiger partial charge is 0.232 e. The third kappa shape index (κ3) is 4.48. The van der Waals surface area contributed by atoms with E-state index in [9.17, 15) is 13.2 Å². The molecule has 2 rings (SSSR count). The predicted octanol–water partition coefficient (Wildman–Crippen LogP) is 2.13. The van der Waals surface area contributed by atoms with Crippen molar-refractivity contribution in [2.75, 3.05) is 24.3 Å². The number of thioether (sulfide) groups is 1. The number of carbonyl (C=O) groups excluding carboxylic acids is 1. The maximum atomic E-state index is 12.2. The molecule has 1 heterocycles. The van der Waals surface area contributed by atoms with E-state index in [1.165, 1.54) is 11.8 Å². The molecule has 1 saturated heterocycles. The van der Waals surface area contributed by atoms with Crippen LogP contribution in [0.3, 0.4) is 0 Å². The van der Waals surface area contributed by atoms with Gasteiger partial charge in [-0.15, -0.1) is 11.8 Å². The van der Waals surface area contributed by atoms with Gasteiger partial charge in [0, 0.05) is 12.3 Å². The zero-order valence-electron chi connectivity index (χ0n) is 12.4. The van der Waals surface area contributed by atoms with Crippen molar-refractivity contribution in [1.29, 1.82) is 0 Å². The molecule has 1 aromatic rings. The summed E-state index contributed by atoms with van der Waals surface area (Å²) in [5.74, 6) is 0.854. The molecule has 21 heavy (non-hydrogen) atoms. The van der Waals surface area contributed by atoms with Crippen LogP contribution in [0.1, 0.15) is 24.9 Å². The third-order valence-corrected chi connectivity index (χ3v) is 7.16. The number of hydrogen-bond acceptors (Lipinski definition) is 4. The minimum Gasteiger partial charge on any atom is -0.338 e. The summed E-state index contributed by atoms with van der Waals surface area (Å²) in [6.45, 7) is 2.00. The van der Waals surface area contributed by atoms with Gasteiger partial charge >= 0.3 is 0 Å². The minimum atomic E-state index is -2.87. The predicted molar refractivity (Wildman–Crippen MR) is 87.1 cm³/mol. The lowest BCUT2D eigenvalue weighted by atomic mass is 10.1. The molecule has 1 amide bonds. The summed E-state index contributed by atoms with van der Waals surface area (Å²) in [6.07, 6.45) is 0.665. The monoisotopic (exact) mass is 327 g/mol. The molecule has 1 aliphatic heterocycles. The summed E-state index contributed by atoms with van der Waals surface area (Å²) >= 11 is 1.46. The lowest BCUT2D eigenvalue weighted by molar-refractivity contribution is -0.128. The van der Waals surface area contributed by atoms with E-state index in [4.69, 9.17) is 0 Å². The minimum absolute atomic E-state index is 0.0200. The number of sulfone groups is 1. The van der Waals surface area contributed by atoms with Crippen LogP contribution in [0.2, 0.25) is 0 Å². The molecule has 2 atom stereocenters. The van der Waals surface area contributed by atoms with Gasteiger partial charge in [-0.2, -0.15) is 0 Å². The van der Waals surface area contributed by atoms with Gasteiger partial charge in [0.2, 0.25) is 5.91 Å². The van der Waals surface area contributed by atoms with Gasteiger partial charge in [-0.05, 0) is 18.9 Å². The summed E-state index contributed by atoms with van der Waals surface area (Å²) in [7, 11) is -1.07. The topological polar surface area (TPSA) is 54.5 Å². The van der Waals surface area contributed by atoms with Gasteiger partial charge in [-0.3, -0.25) is 4.79 Å². The molecule has 1 aliphatic rings. The first-order valence-electron chi connectivity index (χ1n) is 7.01. The van der Waals surface area contributed by atoms with Crippen LogP contribution >= 0.6 is 11.8 Å². The quantitative estimate of drug-likeness (QED) is 0.831. The first-order chi connectivity index (χ1) is 9.89. The average Bonchev–Trinajstić information content (AvgIpc) is 2.83. The molecular weight excluding hydrogens is 306 g/mol. The van der Waals surface area contributed by atoms with Crippen LogP contribution in [0.15, 0.2) is 30.3 Å². The van der Waals surface area contributed by atoms with Crippen molar-refractivity contribution in [2.24, 2.45) is 0 Å². The van der Waals surface area contributed by atoms with E-state index < -0.39 is 9.84 Å². The average molecular weight is 327 g/mol. The van der Waals surface area contributed by atoms with Crippen LogP contribution in [-0.2, 0) is 14.6 Å². The summed E-state index contributed by atoms with van der Waals surface area (Å²) in [5, 5.41) is 0.0689. The Morgan fingerprint density at radius 3 is 2.62 bits per heavy atom. The zero-order valence-corrected chi connectivity index (χ0v) is 14.0. The molecule has 0 radical (unpaired) electrons. The number of rotatable bonds is 5. The van der Waals surface area contributed by atoms with Gasteiger partial charge < -0.3 is 4.90 Å². The summed E-state index contributed by atoms with van der Waals surface area (Å²) in [4.78, 5) is 14.0. The normalized spacial score (nSPS) is 21.9. The molecule has 0 spiro atoms. The van der Waals surface area contributed by atoms with Gasteiger partial charge in [-0.1, -0.05) is 30.3 Å². The summed E-state index contributed by atoms with van der Waals surface area (Å²) < 4.78 is 22.8. The first kappa shape index (κ1) is 16.4. The lowest BCUT2D eigenvalue weighted by Gasteiger charge is -2.25. The fraction of sp³-hybridized carbons (Fsp3) is 0.533. The molecular formula is C15H21NO3S2. The van der Waals surface area contributed by atoms with Crippen molar-refractivity contribution in [3.8, 4) is 0 Å². The molecule has 1 fully saturated rings. The molecule has 1 aromatic carbocycles. The van der Waals surface area contributed by atoms with E-state index in [-0.39, 0.29) is 28.7 Å². The number of hydrogen-bond donors (Lipinski definition) is 0. The fourth-order valence-corrected chi connectivity index (χ4v) is 5.92. The lowest BCUT2D eigenvalue weighted by Crippen LogP contribution is -2.31. The molecule has 0 bridgehead atoms. The highest BCUT2D eigenvalue weighted by molar-refractivity contribution is 8.02. The number of nitrogens with zero attached hydrogens (tertiary/aromatic N) is 1. The van der Waals surface area contributed by atoms with Gasteiger partial charge in [0.05, 0.1) is 23.3 Å². The Morgan fingerprint density at radius 1 is 1.38 bits per heavy atom. The number of carbonyl (C=O) groups is 1. The highest BCUT2D eigenvalue weighted by atomic mass is 32.2. The Bertz CT molecular complexity index is 586. The highest BCUT2D eigenvalue weighted by Crippen LogP contribution is 2.25. The summed E-state index contributed by atoms with van der Waals surface area (Å²) in [5.41, 5.74) is 1.10. The van der Waals surface area contributed by atoms with Crippen LogP contribution in [0, 0.1) is 0 Å². The van der Waals surface area contributed by atoms with Gasteiger partial charge in [0.1, 0.15) is 0 Å². The molecule has 0 N–H and O–H groups in total. The molecule has 4 nitrogen and oxygen atoms in total. The Labute approximate surface area is 130 Å². The highest BCUT2D eigenvalue weighted by Gasteiger charge is 2.29. The second-order valence-corrected chi connectivity index (χ2v) is 8.94. The van der Waals surface area contributed by atoms with Crippen LogP contribution in [0.5, 0.6) is 0 Å². The largest absolute Gasteiger partial charge is 0.338 e. The van der Waals surface area contributed by atoms with Crippen molar-refractivity contribution >= 4 is 27.5 Å². The van der Waals surface area contributed by atoms with Crippen molar-refractivity contribution in [2.45, 2.75) is 24.6 Å². The van der Waals surface area contributed by atoms with Gasteiger partial charge in [0.15, 0.2) is 9.84 Å². The van der Waals surface area contributed by atoms with Crippen molar-refractivity contribution in [3.63, 3.8) is 0 Å². The Balaban J connectivity index is 1.86. The maximum absolute atomic E-state index is 12.2. The van der Waals surface area contributed by atoms with E-state index in [0.717, 1.165) is 5.56 Å². The standard InChI is InChI=1S/C15H21NO3S2/c1-12(13-6-4-3-5-7-13)16(2)15(17)10-20-14-8-9-21(18,19)11-14/h3-7,12,14H,8-11H2,1-2H3. The van der Waals surface area contributed by atoms with E-state index in [1.54, 1.807) is 11.9 Å². The Morgan fingerprint density at radius 2 is 2.05 bits per heavy atom. The summed E-state index contributed by atoms with van der Waals surface area (Å²) in [6, 6.07) is 9.90.